The molecule has 1 heterocycles. The van der Waals surface area contributed by atoms with Crippen LogP contribution in [0.1, 0.15) is 31.4 Å². The normalized spacial score (nSPS) is 14.8. The van der Waals surface area contributed by atoms with Crippen LogP contribution in [0.15, 0.2) is 48.7 Å². The Morgan fingerprint density at radius 1 is 1.23 bits per heavy atom. The Kier molecular flexibility index (Phi) is 4.96. The number of Topliss-reactive ketones (excluding diaryl/α,β-unsaturated/α-hetero) is 1. The van der Waals surface area contributed by atoms with Crippen molar-refractivity contribution in [2.45, 2.75) is 32.7 Å². The van der Waals surface area contributed by atoms with Crippen molar-refractivity contribution in [2.75, 3.05) is 11.0 Å². The molecule has 1 aromatic heterocycles. The molecule has 1 N–H and O–H groups in total. The lowest BCUT2D eigenvalue weighted by Gasteiger charge is -2.32. The van der Waals surface area contributed by atoms with E-state index in [9.17, 15) is 9.00 Å². The number of anilines is 1. The van der Waals surface area contributed by atoms with Crippen LogP contribution in [-0.2, 0) is 21.3 Å². The summed E-state index contributed by atoms with van der Waals surface area (Å²) in [5, 5.41) is 5.43. The van der Waals surface area contributed by atoms with Crippen molar-refractivity contribution in [3.05, 3.63) is 59.8 Å². The summed E-state index contributed by atoms with van der Waals surface area (Å²) >= 11 is 0. The number of nitrogens with zero attached hydrogens (tertiary/aromatic N) is 2. The number of rotatable bonds is 6. The van der Waals surface area contributed by atoms with Crippen LogP contribution in [0.25, 0.3) is 10.9 Å². The molecule has 3 rings (SSSR count). The van der Waals surface area contributed by atoms with E-state index in [1.165, 1.54) is 0 Å². The SMILES string of the molecule is CCC(C(C)=O)(c1ccc(C)cc1)n1ncc2c(NS(C)=O)cccc21. The minimum Gasteiger partial charge on any atom is -0.305 e. The molecule has 0 bridgehead atoms. The third kappa shape index (κ3) is 2.94. The predicted molar refractivity (Wildman–Crippen MR) is 107 cm³/mol. The second-order valence-electron chi connectivity index (χ2n) is 6.49. The quantitative estimate of drug-likeness (QED) is 0.719. The van der Waals surface area contributed by atoms with Crippen LogP contribution in [0, 0.1) is 6.92 Å². The third-order valence-corrected chi connectivity index (χ3v) is 5.36. The lowest BCUT2D eigenvalue weighted by Crippen LogP contribution is -2.42. The van der Waals surface area contributed by atoms with E-state index in [0.29, 0.717) is 6.42 Å². The topological polar surface area (TPSA) is 64.0 Å². The number of hydrogen-bond donors (Lipinski definition) is 1. The van der Waals surface area contributed by atoms with Gasteiger partial charge in [0.1, 0.15) is 16.5 Å². The van der Waals surface area contributed by atoms with E-state index in [1.807, 2.05) is 56.3 Å². The summed E-state index contributed by atoms with van der Waals surface area (Å²) in [6, 6.07) is 13.7. The Morgan fingerprint density at radius 3 is 2.50 bits per heavy atom. The first kappa shape index (κ1) is 18.3. The maximum Gasteiger partial charge on any atom is 0.161 e. The molecular formula is C20H23N3O2S. The molecule has 0 aliphatic rings. The zero-order valence-electron chi connectivity index (χ0n) is 15.4. The number of carbonyl (C=O) groups is 1. The summed E-state index contributed by atoms with van der Waals surface area (Å²) in [5.41, 5.74) is 2.76. The molecule has 0 aliphatic heterocycles. The van der Waals surface area contributed by atoms with Crippen LogP contribution in [-0.4, -0.2) is 26.0 Å². The Balaban J connectivity index is 2.27. The molecule has 2 atom stereocenters. The summed E-state index contributed by atoms with van der Waals surface area (Å²) in [6.07, 6.45) is 3.90. The lowest BCUT2D eigenvalue weighted by molar-refractivity contribution is -0.124. The smallest absolute Gasteiger partial charge is 0.161 e. The first-order valence-electron chi connectivity index (χ1n) is 8.55. The van der Waals surface area contributed by atoms with E-state index in [4.69, 9.17) is 0 Å². The molecule has 2 aromatic carbocycles. The number of aromatic nitrogens is 2. The third-order valence-electron chi connectivity index (χ3n) is 4.85. The van der Waals surface area contributed by atoms with E-state index < -0.39 is 16.5 Å². The van der Waals surface area contributed by atoms with Gasteiger partial charge in [-0.25, -0.2) is 8.89 Å². The van der Waals surface area contributed by atoms with Gasteiger partial charge in [-0.1, -0.05) is 42.8 Å². The van der Waals surface area contributed by atoms with Gasteiger partial charge in [0, 0.05) is 11.6 Å². The standard InChI is InChI=1S/C20H23N3O2S/c1-5-20(15(3)24,16-11-9-14(2)10-12-16)23-19-8-6-7-18(22-26(4)25)17(19)13-21-23/h6-13,22H,5H2,1-4H3. The molecule has 0 fully saturated rings. The maximum atomic E-state index is 12.9. The van der Waals surface area contributed by atoms with E-state index in [0.717, 1.165) is 27.7 Å². The van der Waals surface area contributed by atoms with Gasteiger partial charge in [-0.15, -0.1) is 0 Å². The van der Waals surface area contributed by atoms with E-state index >= 15 is 0 Å². The van der Waals surface area contributed by atoms with Crippen molar-refractivity contribution in [3.63, 3.8) is 0 Å². The van der Waals surface area contributed by atoms with Crippen molar-refractivity contribution in [1.82, 2.24) is 9.78 Å². The number of benzene rings is 2. The van der Waals surface area contributed by atoms with Gasteiger partial charge >= 0.3 is 0 Å². The molecule has 5 nitrogen and oxygen atoms in total. The highest BCUT2D eigenvalue weighted by atomic mass is 32.2. The van der Waals surface area contributed by atoms with Crippen LogP contribution >= 0.6 is 0 Å². The molecule has 3 aromatic rings. The molecule has 0 spiro atoms. The van der Waals surface area contributed by atoms with Crippen molar-refractivity contribution in [1.29, 1.82) is 0 Å². The largest absolute Gasteiger partial charge is 0.305 e. The summed E-state index contributed by atoms with van der Waals surface area (Å²) < 4.78 is 16.3. The molecule has 0 aliphatic carbocycles. The average Bonchev–Trinajstić information content (AvgIpc) is 3.02. The first-order chi connectivity index (χ1) is 12.4. The monoisotopic (exact) mass is 369 g/mol. The fraction of sp³-hybridized carbons (Fsp3) is 0.300. The van der Waals surface area contributed by atoms with Crippen molar-refractivity contribution < 1.29 is 9.00 Å². The van der Waals surface area contributed by atoms with Gasteiger partial charge in [0.2, 0.25) is 0 Å². The highest BCUT2D eigenvalue weighted by molar-refractivity contribution is 7.85. The van der Waals surface area contributed by atoms with E-state index in [1.54, 1.807) is 24.1 Å². The molecule has 2 unspecified atom stereocenters. The Bertz CT molecular complexity index is 978. The van der Waals surface area contributed by atoms with Crippen LogP contribution in [0.2, 0.25) is 0 Å². The van der Waals surface area contributed by atoms with Gasteiger partial charge in [0.25, 0.3) is 0 Å². The van der Waals surface area contributed by atoms with Gasteiger partial charge in [0.05, 0.1) is 17.4 Å². The second kappa shape index (κ2) is 7.03. The molecule has 0 amide bonds. The number of ketones is 1. The summed E-state index contributed by atoms with van der Waals surface area (Å²) in [7, 11) is -1.19. The van der Waals surface area contributed by atoms with E-state index in [-0.39, 0.29) is 5.78 Å². The van der Waals surface area contributed by atoms with Crippen LogP contribution in [0.3, 0.4) is 0 Å². The lowest BCUT2D eigenvalue weighted by atomic mass is 9.83. The minimum atomic E-state index is -1.19. The van der Waals surface area contributed by atoms with Crippen molar-refractivity contribution in [3.8, 4) is 0 Å². The summed E-state index contributed by atoms with van der Waals surface area (Å²) in [6.45, 7) is 5.63. The molecule has 26 heavy (non-hydrogen) atoms. The number of fused-ring (bicyclic) bond motifs is 1. The zero-order chi connectivity index (χ0) is 18.9. The number of carbonyl (C=O) groups excluding carboxylic acids is 1. The van der Waals surface area contributed by atoms with E-state index in [2.05, 4.69) is 9.82 Å². The summed E-state index contributed by atoms with van der Waals surface area (Å²) in [4.78, 5) is 12.9. The first-order valence-corrected chi connectivity index (χ1v) is 10.1. The number of nitrogens with one attached hydrogen (secondary N) is 1. The van der Waals surface area contributed by atoms with Crippen molar-refractivity contribution in [2.24, 2.45) is 0 Å². The van der Waals surface area contributed by atoms with Crippen LogP contribution in [0.4, 0.5) is 5.69 Å². The highest BCUT2D eigenvalue weighted by Crippen LogP contribution is 2.35. The van der Waals surface area contributed by atoms with Gasteiger partial charge in [-0.3, -0.25) is 4.79 Å². The van der Waals surface area contributed by atoms with Gasteiger partial charge in [-0.2, -0.15) is 5.10 Å². The highest BCUT2D eigenvalue weighted by Gasteiger charge is 2.39. The van der Waals surface area contributed by atoms with Crippen LogP contribution < -0.4 is 4.72 Å². The predicted octanol–water partition coefficient (Wildman–Crippen LogP) is 3.79. The molecule has 0 saturated carbocycles. The van der Waals surface area contributed by atoms with Gasteiger partial charge in [0.15, 0.2) is 5.78 Å². The van der Waals surface area contributed by atoms with Gasteiger partial charge in [-0.05, 0) is 38.0 Å². The Hall–Kier alpha value is -2.47. The van der Waals surface area contributed by atoms with Crippen molar-refractivity contribution >= 4 is 33.4 Å². The fourth-order valence-corrected chi connectivity index (χ4v) is 3.99. The molecule has 0 saturated heterocycles. The number of hydrogen-bond acceptors (Lipinski definition) is 3. The molecule has 136 valence electrons. The van der Waals surface area contributed by atoms with Gasteiger partial charge < -0.3 is 4.72 Å². The minimum absolute atomic E-state index is 0.0336. The van der Waals surface area contributed by atoms with Crippen LogP contribution in [0.5, 0.6) is 0 Å². The number of aryl methyl sites for hydroxylation is 1. The molecule has 0 radical (unpaired) electrons. The summed E-state index contributed by atoms with van der Waals surface area (Å²) in [5.74, 6) is 0.0336. The molecular weight excluding hydrogens is 346 g/mol. The maximum absolute atomic E-state index is 12.9. The second-order valence-corrected chi connectivity index (χ2v) is 7.60. The zero-order valence-corrected chi connectivity index (χ0v) is 16.3. The molecule has 6 heteroatoms. The Labute approximate surface area is 156 Å². The fourth-order valence-electron chi connectivity index (χ4n) is 3.51. The average molecular weight is 369 g/mol. The Morgan fingerprint density at radius 2 is 1.92 bits per heavy atom.